The molecule has 0 aliphatic carbocycles. The normalized spacial score (nSPS) is 17.4. The zero-order valence-corrected chi connectivity index (χ0v) is 18.5. The number of phenolic OH excluding ortho intramolecular Hbond substituents is 1. The maximum absolute atomic E-state index is 13.1. The van der Waals surface area contributed by atoms with Crippen LogP contribution in [0.2, 0.25) is 5.02 Å². The number of Topliss-reactive ketones (excluding diaryl/α,β-unsaturated/α-hetero) is 1. The molecule has 0 radical (unpaired) electrons. The first-order valence-electron chi connectivity index (χ1n) is 9.87. The van der Waals surface area contributed by atoms with Crippen molar-refractivity contribution < 1.29 is 33.7 Å². The molecular weight excluding hydrogens is 450 g/mol. The van der Waals surface area contributed by atoms with Gasteiger partial charge in [-0.3, -0.25) is 9.59 Å². The average Bonchev–Trinajstić information content (AvgIpc) is 3.42. The van der Waals surface area contributed by atoms with E-state index >= 15 is 0 Å². The first-order valence-corrected chi connectivity index (χ1v) is 10.2. The molecule has 0 spiro atoms. The van der Waals surface area contributed by atoms with Gasteiger partial charge in [-0.15, -0.1) is 0 Å². The van der Waals surface area contributed by atoms with Gasteiger partial charge >= 0.3 is 0 Å². The van der Waals surface area contributed by atoms with E-state index in [4.69, 9.17) is 25.5 Å². The van der Waals surface area contributed by atoms with Gasteiger partial charge in [0, 0.05) is 5.56 Å². The molecule has 0 bridgehead atoms. The van der Waals surface area contributed by atoms with E-state index in [1.807, 2.05) is 0 Å². The number of nitrogens with zero attached hydrogens (tertiary/aromatic N) is 1. The van der Waals surface area contributed by atoms with Crippen LogP contribution in [-0.4, -0.2) is 41.0 Å². The molecule has 1 atom stereocenters. The van der Waals surface area contributed by atoms with E-state index in [-0.39, 0.29) is 34.2 Å². The number of carbonyl (C=O) groups is 2. The van der Waals surface area contributed by atoms with Crippen molar-refractivity contribution in [2.45, 2.75) is 12.6 Å². The van der Waals surface area contributed by atoms with E-state index in [2.05, 4.69) is 0 Å². The molecule has 0 saturated carbocycles. The number of aromatic hydroxyl groups is 1. The predicted octanol–water partition coefficient (Wildman–Crippen LogP) is 4.28. The van der Waals surface area contributed by atoms with Gasteiger partial charge in [0.2, 0.25) is 0 Å². The van der Waals surface area contributed by atoms with Gasteiger partial charge in [0.25, 0.3) is 11.7 Å². The highest BCUT2D eigenvalue weighted by molar-refractivity contribution is 6.46. The molecule has 1 unspecified atom stereocenters. The lowest BCUT2D eigenvalue weighted by Crippen LogP contribution is -2.29. The molecule has 1 aromatic heterocycles. The van der Waals surface area contributed by atoms with E-state index < -0.39 is 17.7 Å². The number of methoxy groups -OCH3 is 2. The lowest BCUT2D eigenvalue weighted by atomic mass is 9.95. The van der Waals surface area contributed by atoms with Crippen molar-refractivity contribution in [3.8, 4) is 17.2 Å². The van der Waals surface area contributed by atoms with E-state index in [0.717, 1.165) is 0 Å². The molecule has 1 fully saturated rings. The largest absolute Gasteiger partial charge is 0.507 e. The number of hydrogen-bond donors (Lipinski definition) is 2. The summed E-state index contributed by atoms with van der Waals surface area (Å²) in [4.78, 5) is 27.4. The third-order valence-corrected chi connectivity index (χ3v) is 5.69. The van der Waals surface area contributed by atoms with Crippen molar-refractivity contribution in [3.05, 3.63) is 82.3 Å². The molecule has 1 amide bonds. The summed E-state index contributed by atoms with van der Waals surface area (Å²) < 4.78 is 15.9. The van der Waals surface area contributed by atoms with Crippen molar-refractivity contribution in [2.75, 3.05) is 14.2 Å². The molecule has 2 aromatic carbocycles. The minimum atomic E-state index is -0.971. The number of furan rings is 1. The molecule has 3 aromatic rings. The van der Waals surface area contributed by atoms with Crippen molar-refractivity contribution >= 4 is 29.1 Å². The number of ketones is 1. The number of carbonyl (C=O) groups excluding carboxylic acids is 2. The quantitative estimate of drug-likeness (QED) is 0.315. The number of hydrogen-bond acceptors (Lipinski definition) is 7. The highest BCUT2D eigenvalue weighted by Gasteiger charge is 2.46. The van der Waals surface area contributed by atoms with Crippen LogP contribution >= 0.6 is 11.6 Å². The Morgan fingerprint density at radius 2 is 1.85 bits per heavy atom. The zero-order valence-electron chi connectivity index (χ0n) is 17.7. The van der Waals surface area contributed by atoms with Crippen LogP contribution in [0.1, 0.15) is 22.9 Å². The summed E-state index contributed by atoms with van der Waals surface area (Å²) in [7, 11) is 2.93. The van der Waals surface area contributed by atoms with Crippen LogP contribution in [0.4, 0.5) is 0 Å². The molecule has 4 rings (SSSR count). The van der Waals surface area contributed by atoms with Gasteiger partial charge in [0.15, 0.2) is 11.5 Å². The standard InChI is InChI=1S/C24H20ClNO7/c1-31-18-8-6-14(11-19(18)32-2)22(28)20-21(13-5-7-17(27)16(25)10-13)26(24(30)23(20)29)12-15-4-3-9-33-15/h3-11,21,27-28H,12H2,1-2H3/b22-20-. The zero-order chi connectivity index (χ0) is 23.7. The summed E-state index contributed by atoms with van der Waals surface area (Å²) in [5.74, 6) is -0.956. The number of benzene rings is 2. The Labute approximate surface area is 194 Å². The van der Waals surface area contributed by atoms with E-state index in [9.17, 15) is 19.8 Å². The number of ether oxygens (including phenoxy) is 2. The second-order valence-corrected chi connectivity index (χ2v) is 7.69. The fraction of sp³-hybridized carbons (Fsp3) is 0.167. The molecule has 9 heteroatoms. The molecule has 2 N–H and O–H groups in total. The fourth-order valence-electron chi connectivity index (χ4n) is 3.79. The van der Waals surface area contributed by atoms with Crippen LogP contribution < -0.4 is 9.47 Å². The summed E-state index contributed by atoms with van der Waals surface area (Å²) >= 11 is 6.11. The monoisotopic (exact) mass is 469 g/mol. The molecule has 1 saturated heterocycles. The summed E-state index contributed by atoms with van der Waals surface area (Å²) in [6.45, 7) is -0.0105. The highest BCUT2D eigenvalue weighted by Crippen LogP contribution is 2.42. The van der Waals surface area contributed by atoms with Gasteiger partial charge in [0.05, 0.1) is 43.7 Å². The first kappa shape index (κ1) is 22.3. The van der Waals surface area contributed by atoms with E-state index in [1.165, 1.54) is 49.6 Å². The number of likely N-dealkylation sites (tertiary alicyclic amines) is 1. The Kier molecular flexibility index (Phi) is 6.02. The molecule has 170 valence electrons. The van der Waals surface area contributed by atoms with Crippen LogP contribution in [0.25, 0.3) is 5.76 Å². The predicted molar refractivity (Wildman–Crippen MR) is 119 cm³/mol. The molecule has 1 aliphatic heterocycles. The second kappa shape index (κ2) is 8.91. The number of aliphatic hydroxyl groups is 1. The topological polar surface area (TPSA) is 109 Å². The fourth-order valence-corrected chi connectivity index (χ4v) is 3.98. The van der Waals surface area contributed by atoms with Gasteiger partial charge in [-0.2, -0.15) is 0 Å². The van der Waals surface area contributed by atoms with Crippen LogP contribution in [0.15, 0.2) is 64.8 Å². The Hall–Kier alpha value is -3.91. The van der Waals surface area contributed by atoms with E-state index in [1.54, 1.807) is 24.3 Å². The third-order valence-electron chi connectivity index (χ3n) is 5.39. The first-order chi connectivity index (χ1) is 15.8. The lowest BCUT2D eigenvalue weighted by molar-refractivity contribution is -0.140. The molecule has 33 heavy (non-hydrogen) atoms. The summed E-state index contributed by atoms with van der Waals surface area (Å²) in [6.07, 6.45) is 1.46. The van der Waals surface area contributed by atoms with Crippen molar-refractivity contribution in [2.24, 2.45) is 0 Å². The van der Waals surface area contributed by atoms with Gasteiger partial charge < -0.3 is 29.0 Å². The van der Waals surface area contributed by atoms with Crippen LogP contribution in [0, 0.1) is 0 Å². The Morgan fingerprint density at radius 1 is 1.09 bits per heavy atom. The lowest BCUT2D eigenvalue weighted by Gasteiger charge is -2.24. The maximum atomic E-state index is 13.1. The maximum Gasteiger partial charge on any atom is 0.296 e. The van der Waals surface area contributed by atoms with Gasteiger partial charge in [-0.25, -0.2) is 0 Å². The second-order valence-electron chi connectivity index (χ2n) is 7.29. The number of phenols is 1. The van der Waals surface area contributed by atoms with E-state index in [0.29, 0.717) is 22.8 Å². The van der Waals surface area contributed by atoms with Crippen molar-refractivity contribution in [1.29, 1.82) is 0 Å². The van der Waals surface area contributed by atoms with Gasteiger partial charge in [0.1, 0.15) is 17.3 Å². The minimum absolute atomic E-state index is 0.0105. The smallest absolute Gasteiger partial charge is 0.296 e. The minimum Gasteiger partial charge on any atom is -0.507 e. The highest BCUT2D eigenvalue weighted by atomic mass is 35.5. The molecule has 8 nitrogen and oxygen atoms in total. The van der Waals surface area contributed by atoms with Crippen LogP contribution in [0.3, 0.4) is 0 Å². The van der Waals surface area contributed by atoms with Gasteiger partial charge in [-0.1, -0.05) is 17.7 Å². The summed E-state index contributed by atoms with van der Waals surface area (Å²) in [6, 6.07) is 11.4. The Balaban J connectivity index is 1.89. The third kappa shape index (κ3) is 4.01. The number of amides is 1. The number of halogens is 1. The average molecular weight is 470 g/mol. The molecular formula is C24H20ClNO7. The molecule has 1 aliphatic rings. The number of rotatable bonds is 6. The SMILES string of the molecule is COc1ccc(/C(O)=C2/C(=O)C(=O)N(Cc3ccco3)C2c2ccc(O)c(Cl)c2)cc1OC. The summed E-state index contributed by atoms with van der Waals surface area (Å²) in [5.41, 5.74) is 0.574. The summed E-state index contributed by atoms with van der Waals surface area (Å²) in [5, 5.41) is 21.1. The van der Waals surface area contributed by atoms with Gasteiger partial charge in [-0.05, 0) is 48.0 Å². The number of aliphatic hydroxyl groups excluding tert-OH is 1. The van der Waals surface area contributed by atoms with Crippen LogP contribution in [-0.2, 0) is 16.1 Å². The Bertz CT molecular complexity index is 1250. The van der Waals surface area contributed by atoms with Crippen LogP contribution in [0.5, 0.6) is 17.2 Å². The van der Waals surface area contributed by atoms with Crippen molar-refractivity contribution in [3.63, 3.8) is 0 Å². The molecule has 2 heterocycles. The Morgan fingerprint density at radius 3 is 2.48 bits per heavy atom. The van der Waals surface area contributed by atoms with Crippen molar-refractivity contribution in [1.82, 2.24) is 4.90 Å².